The van der Waals surface area contributed by atoms with Crippen LogP contribution in [0, 0.1) is 0 Å². The van der Waals surface area contributed by atoms with Crippen molar-refractivity contribution in [3.63, 3.8) is 0 Å². The predicted molar refractivity (Wildman–Crippen MR) is 175 cm³/mol. The van der Waals surface area contributed by atoms with Crippen molar-refractivity contribution >= 4 is 62.3 Å². The number of methoxy groups -OCH3 is 2. The van der Waals surface area contributed by atoms with Gasteiger partial charge in [-0.2, -0.15) is 0 Å². The molecule has 3 aromatic carbocycles. The maximum atomic E-state index is 14.2. The van der Waals surface area contributed by atoms with E-state index in [-0.39, 0.29) is 46.3 Å². The Bertz CT molecular complexity index is 1570. The Labute approximate surface area is 274 Å². The molecule has 0 aromatic heterocycles. The van der Waals surface area contributed by atoms with Gasteiger partial charge in [0.2, 0.25) is 11.8 Å². The minimum absolute atomic E-state index is 0.0208. The van der Waals surface area contributed by atoms with Crippen LogP contribution in [0.2, 0.25) is 15.1 Å². The number of ether oxygens (including phenoxy) is 2. The van der Waals surface area contributed by atoms with E-state index in [2.05, 4.69) is 5.32 Å². The highest BCUT2D eigenvalue weighted by Crippen LogP contribution is 2.33. The van der Waals surface area contributed by atoms with Gasteiger partial charge < -0.3 is 19.7 Å². The summed E-state index contributed by atoms with van der Waals surface area (Å²) in [5.74, 6) is -0.422. The molecule has 0 saturated heterocycles. The van der Waals surface area contributed by atoms with Crippen molar-refractivity contribution in [3.8, 4) is 11.5 Å². The van der Waals surface area contributed by atoms with E-state index in [0.717, 1.165) is 4.31 Å². The van der Waals surface area contributed by atoms with E-state index in [1.165, 1.54) is 61.6 Å². The number of benzene rings is 3. The minimum Gasteiger partial charge on any atom is -0.493 e. The first-order valence-corrected chi connectivity index (χ1v) is 16.5. The van der Waals surface area contributed by atoms with Crippen molar-refractivity contribution in [1.29, 1.82) is 0 Å². The molecule has 0 bridgehead atoms. The first-order chi connectivity index (χ1) is 20.9. The lowest BCUT2D eigenvalue weighted by Crippen LogP contribution is -2.53. The van der Waals surface area contributed by atoms with Crippen LogP contribution in [0.3, 0.4) is 0 Å². The van der Waals surface area contributed by atoms with Crippen molar-refractivity contribution in [1.82, 2.24) is 10.2 Å². The fourth-order valence-electron chi connectivity index (χ4n) is 4.44. The van der Waals surface area contributed by atoms with Crippen LogP contribution in [-0.2, 0) is 26.2 Å². The van der Waals surface area contributed by atoms with Crippen molar-refractivity contribution in [2.45, 2.75) is 57.1 Å². The lowest BCUT2D eigenvalue weighted by Gasteiger charge is -2.33. The largest absolute Gasteiger partial charge is 0.493 e. The van der Waals surface area contributed by atoms with Gasteiger partial charge >= 0.3 is 0 Å². The molecule has 1 N–H and O–H groups in total. The molecule has 0 saturated carbocycles. The number of anilines is 1. The van der Waals surface area contributed by atoms with Gasteiger partial charge in [0.25, 0.3) is 10.0 Å². The van der Waals surface area contributed by atoms with Gasteiger partial charge in [-0.25, -0.2) is 8.42 Å². The summed E-state index contributed by atoms with van der Waals surface area (Å²) in [6.45, 7) is 4.95. The Kier molecular flexibility index (Phi) is 12.6. The fourth-order valence-corrected chi connectivity index (χ4v) is 6.31. The quantitative estimate of drug-likeness (QED) is 0.206. The summed E-state index contributed by atoms with van der Waals surface area (Å²) in [6, 6.07) is 14.1. The third kappa shape index (κ3) is 8.50. The lowest BCUT2D eigenvalue weighted by atomic mass is 10.1. The highest BCUT2D eigenvalue weighted by molar-refractivity contribution is 7.92. The number of nitrogens with zero attached hydrogens (tertiary/aromatic N) is 2. The minimum atomic E-state index is -4.35. The van der Waals surface area contributed by atoms with Crippen LogP contribution in [0.25, 0.3) is 0 Å². The smallest absolute Gasteiger partial charge is 0.264 e. The normalized spacial score (nSPS) is 12.6. The summed E-state index contributed by atoms with van der Waals surface area (Å²) >= 11 is 18.5. The van der Waals surface area contributed by atoms with E-state index in [1.54, 1.807) is 25.1 Å². The molecule has 2 atom stereocenters. The maximum absolute atomic E-state index is 14.2. The Morgan fingerprint density at radius 2 is 1.52 bits per heavy atom. The highest BCUT2D eigenvalue weighted by atomic mass is 35.5. The van der Waals surface area contributed by atoms with Gasteiger partial charge in [0.15, 0.2) is 11.5 Å². The Morgan fingerprint density at radius 3 is 2.09 bits per heavy atom. The molecule has 2 amide bonds. The first-order valence-electron chi connectivity index (χ1n) is 13.9. The first kappa shape index (κ1) is 35.3. The molecule has 0 radical (unpaired) electrons. The van der Waals surface area contributed by atoms with Crippen molar-refractivity contribution in [3.05, 3.63) is 81.3 Å². The lowest BCUT2D eigenvalue weighted by molar-refractivity contribution is -0.140. The van der Waals surface area contributed by atoms with E-state index >= 15 is 0 Å². The standard InChI is InChI=1S/C31H36Cl3N3O6S/c1-6-20(3)35-31(39)27(7-2)36(18-21-8-14-25(33)26(34)16-21)30(38)19-37(23-11-9-22(32)10-12-23)44(40,41)24-13-15-28(42-4)29(17-24)43-5/h8-17,20,27H,6-7,18-19H2,1-5H3,(H,35,39)/t20-,27-/m1/s1. The number of carbonyl (C=O) groups excluding carboxylic acids is 2. The van der Waals surface area contributed by atoms with Gasteiger partial charge in [-0.05, 0) is 73.9 Å². The molecule has 0 spiro atoms. The fraction of sp³-hybridized carbons (Fsp3) is 0.355. The zero-order valence-electron chi connectivity index (χ0n) is 25.1. The van der Waals surface area contributed by atoms with Gasteiger partial charge in [0.1, 0.15) is 12.6 Å². The number of halogens is 3. The molecular weight excluding hydrogens is 649 g/mol. The summed E-state index contributed by atoms with van der Waals surface area (Å²) in [7, 11) is -1.51. The summed E-state index contributed by atoms with van der Waals surface area (Å²) in [4.78, 5) is 28.9. The molecular formula is C31H36Cl3N3O6S. The number of hydrogen-bond donors (Lipinski definition) is 1. The zero-order valence-corrected chi connectivity index (χ0v) is 28.2. The van der Waals surface area contributed by atoms with Gasteiger partial charge in [-0.1, -0.05) is 54.7 Å². The number of nitrogens with one attached hydrogen (secondary N) is 1. The van der Waals surface area contributed by atoms with Crippen LogP contribution in [-0.4, -0.2) is 58.0 Å². The van der Waals surface area contributed by atoms with Crippen LogP contribution in [0.1, 0.15) is 39.2 Å². The van der Waals surface area contributed by atoms with E-state index in [0.29, 0.717) is 27.8 Å². The van der Waals surface area contributed by atoms with E-state index in [1.807, 2.05) is 13.8 Å². The van der Waals surface area contributed by atoms with E-state index < -0.39 is 28.5 Å². The number of hydrogen-bond acceptors (Lipinski definition) is 6. The predicted octanol–water partition coefficient (Wildman–Crippen LogP) is 6.58. The molecule has 238 valence electrons. The summed E-state index contributed by atoms with van der Waals surface area (Å²) in [5, 5.41) is 3.95. The molecule has 0 unspecified atom stereocenters. The summed E-state index contributed by atoms with van der Waals surface area (Å²) in [5.41, 5.74) is 0.812. The zero-order chi connectivity index (χ0) is 32.6. The monoisotopic (exact) mass is 683 g/mol. The third-order valence-electron chi connectivity index (χ3n) is 7.06. The molecule has 44 heavy (non-hydrogen) atoms. The Morgan fingerprint density at radius 1 is 0.864 bits per heavy atom. The van der Waals surface area contributed by atoms with Crippen LogP contribution in [0.4, 0.5) is 5.69 Å². The second-order valence-corrected chi connectivity index (χ2v) is 13.1. The molecule has 0 aliphatic heterocycles. The van der Waals surface area contributed by atoms with Gasteiger partial charge in [-0.3, -0.25) is 13.9 Å². The topological polar surface area (TPSA) is 105 Å². The van der Waals surface area contributed by atoms with Gasteiger partial charge in [0, 0.05) is 23.7 Å². The van der Waals surface area contributed by atoms with Crippen molar-refractivity contribution in [2.75, 3.05) is 25.1 Å². The second kappa shape index (κ2) is 15.7. The average Bonchev–Trinajstić information content (AvgIpc) is 3.01. The molecule has 13 heteroatoms. The van der Waals surface area contributed by atoms with Crippen molar-refractivity contribution in [2.24, 2.45) is 0 Å². The van der Waals surface area contributed by atoms with Gasteiger partial charge in [0.05, 0.1) is 34.8 Å². The highest BCUT2D eigenvalue weighted by Gasteiger charge is 2.34. The van der Waals surface area contributed by atoms with E-state index in [4.69, 9.17) is 44.3 Å². The SMILES string of the molecule is CC[C@@H](C)NC(=O)[C@@H](CC)N(Cc1ccc(Cl)c(Cl)c1)C(=O)CN(c1ccc(Cl)cc1)S(=O)(=O)c1ccc(OC)c(OC)c1. The van der Waals surface area contributed by atoms with Gasteiger partial charge in [-0.15, -0.1) is 0 Å². The molecule has 0 aliphatic carbocycles. The third-order valence-corrected chi connectivity index (χ3v) is 9.82. The number of amides is 2. The number of sulfonamides is 1. The second-order valence-electron chi connectivity index (χ2n) is 10.0. The van der Waals surface area contributed by atoms with Crippen LogP contribution < -0.4 is 19.1 Å². The molecule has 3 aromatic rings. The van der Waals surface area contributed by atoms with Crippen LogP contribution in [0.5, 0.6) is 11.5 Å². The van der Waals surface area contributed by atoms with Crippen LogP contribution in [0.15, 0.2) is 65.6 Å². The average molecular weight is 685 g/mol. The summed E-state index contributed by atoms with van der Waals surface area (Å²) < 4.78 is 39.9. The molecule has 0 heterocycles. The Hall–Kier alpha value is -3.18. The molecule has 3 rings (SSSR count). The molecule has 0 aliphatic rings. The maximum Gasteiger partial charge on any atom is 0.264 e. The Balaban J connectivity index is 2.11. The number of carbonyl (C=O) groups is 2. The summed E-state index contributed by atoms with van der Waals surface area (Å²) in [6.07, 6.45) is 0.968. The van der Waals surface area contributed by atoms with Crippen molar-refractivity contribution < 1.29 is 27.5 Å². The van der Waals surface area contributed by atoms with Crippen LogP contribution >= 0.6 is 34.8 Å². The molecule has 0 fully saturated rings. The molecule has 9 nitrogen and oxygen atoms in total. The number of rotatable bonds is 14. The van der Waals surface area contributed by atoms with E-state index in [9.17, 15) is 18.0 Å².